The van der Waals surface area contributed by atoms with Crippen molar-refractivity contribution >= 4 is 33.4 Å². The molecule has 0 radical (unpaired) electrons. The van der Waals surface area contributed by atoms with Crippen molar-refractivity contribution in [1.29, 1.82) is 0 Å². The molecule has 46 heavy (non-hydrogen) atoms. The first kappa shape index (κ1) is 34.3. The summed E-state index contributed by atoms with van der Waals surface area (Å²) >= 11 is 7.73. The van der Waals surface area contributed by atoms with Crippen LogP contribution in [0.4, 0.5) is 13.2 Å². The zero-order valence-electron chi connectivity index (χ0n) is 26.2. The minimum absolute atomic E-state index is 0.00639. The first-order valence-corrected chi connectivity index (χ1v) is 17.5. The minimum atomic E-state index is -3.93. The van der Waals surface area contributed by atoms with Crippen LogP contribution in [-0.4, -0.2) is 67.5 Å². The number of sulfonamides is 1. The number of hydrogen-bond donors (Lipinski definition) is 0. The molecule has 1 aliphatic heterocycles. The van der Waals surface area contributed by atoms with Gasteiger partial charge in [-0.1, -0.05) is 43.3 Å². The topological polar surface area (TPSA) is 67.7 Å². The number of halogens is 4. The molecule has 1 aromatic heterocycles. The van der Waals surface area contributed by atoms with Gasteiger partial charge >= 0.3 is 0 Å². The van der Waals surface area contributed by atoms with Gasteiger partial charge in [0.25, 0.3) is 0 Å². The Labute approximate surface area is 277 Å². The van der Waals surface area contributed by atoms with Crippen LogP contribution in [0.25, 0.3) is 5.69 Å². The number of imidazole rings is 1. The molecule has 0 amide bonds. The second kappa shape index (κ2) is 13.6. The number of benzene rings is 3. The quantitative estimate of drug-likeness (QED) is 0.163. The molecule has 1 fully saturated rings. The van der Waals surface area contributed by atoms with Gasteiger partial charge in [0, 0.05) is 46.6 Å². The summed E-state index contributed by atoms with van der Waals surface area (Å²) in [4.78, 5) is 6.53. The Morgan fingerprint density at radius 3 is 2.30 bits per heavy atom. The van der Waals surface area contributed by atoms with Crippen LogP contribution in [0.3, 0.4) is 0 Å². The Morgan fingerprint density at radius 1 is 1.02 bits per heavy atom. The van der Waals surface area contributed by atoms with E-state index in [-0.39, 0.29) is 27.0 Å². The van der Waals surface area contributed by atoms with E-state index in [1.165, 1.54) is 47.4 Å². The Bertz CT molecular complexity index is 1800. The molecule has 5 rings (SSSR count). The highest BCUT2D eigenvalue weighted by molar-refractivity contribution is 7.98. The van der Waals surface area contributed by atoms with E-state index < -0.39 is 32.9 Å². The van der Waals surface area contributed by atoms with Gasteiger partial charge in [0.15, 0.2) is 16.7 Å². The third kappa shape index (κ3) is 6.82. The molecule has 2 heterocycles. The van der Waals surface area contributed by atoms with Crippen molar-refractivity contribution in [3.8, 4) is 11.4 Å². The fourth-order valence-corrected chi connectivity index (χ4v) is 8.62. The van der Waals surface area contributed by atoms with Crippen molar-refractivity contribution in [2.45, 2.75) is 54.0 Å². The molecule has 0 spiro atoms. The van der Waals surface area contributed by atoms with Crippen LogP contribution < -0.4 is 4.74 Å². The molecule has 0 saturated carbocycles. The van der Waals surface area contributed by atoms with E-state index in [4.69, 9.17) is 16.3 Å². The van der Waals surface area contributed by atoms with Crippen molar-refractivity contribution in [3.05, 3.63) is 100 Å². The number of rotatable bonds is 10. The lowest BCUT2D eigenvalue weighted by Gasteiger charge is -2.34. The third-order valence-corrected chi connectivity index (χ3v) is 11.8. The lowest BCUT2D eigenvalue weighted by molar-refractivity contribution is 0.196. The molecule has 0 N–H and O–H groups in total. The smallest absolute Gasteiger partial charge is 0.243 e. The van der Waals surface area contributed by atoms with Gasteiger partial charge in [0.1, 0.15) is 11.6 Å². The molecule has 4 aromatic rings. The van der Waals surface area contributed by atoms with Gasteiger partial charge in [-0.25, -0.2) is 26.6 Å². The lowest BCUT2D eigenvalue weighted by atomic mass is 9.81. The zero-order chi connectivity index (χ0) is 33.4. The monoisotopic (exact) mass is 692 g/mol. The van der Waals surface area contributed by atoms with E-state index in [1.807, 2.05) is 32.5 Å². The van der Waals surface area contributed by atoms with Gasteiger partial charge in [-0.05, 0) is 81.0 Å². The molecule has 246 valence electrons. The van der Waals surface area contributed by atoms with Gasteiger partial charge in [0.2, 0.25) is 10.0 Å². The molecule has 0 unspecified atom stereocenters. The number of piperidine rings is 1. The van der Waals surface area contributed by atoms with E-state index in [0.717, 1.165) is 11.6 Å². The second-order valence-electron chi connectivity index (χ2n) is 12.0. The zero-order valence-corrected chi connectivity index (χ0v) is 28.6. The molecule has 13 heteroatoms. The SMILES string of the molecule is COc1cc(C(C)(C)c2cnc(SCc3c(F)cc(S(=O)(=O)N4CCC(N(C)C)CC4)cc3Cl)n2-c2ccc(F)cc2)ccc1F. The van der Waals surface area contributed by atoms with E-state index >= 15 is 4.39 Å². The third-order valence-electron chi connectivity index (χ3n) is 8.58. The fourth-order valence-electron chi connectivity index (χ4n) is 5.66. The maximum atomic E-state index is 15.6. The second-order valence-corrected chi connectivity index (χ2v) is 15.3. The van der Waals surface area contributed by atoms with Crippen LogP contribution >= 0.6 is 23.4 Å². The highest BCUT2D eigenvalue weighted by Gasteiger charge is 2.33. The summed E-state index contributed by atoms with van der Waals surface area (Å²) in [5, 5.41) is 0.466. The summed E-state index contributed by atoms with van der Waals surface area (Å²) in [5.41, 5.74) is 1.49. The maximum absolute atomic E-state index is 15.6. The number of hydrogen-bond acceptors (Lipinski definition) is 6. The van der Waals surface area contributed by atoms with E-state index in [9.17, 15) is 17.2 Å². The van der Waals surface area contributed by atoms with Crippen molar-refractivity contribution in [3.63, 3.8) is 0 Å². The maximum Gasteiger partial charge on any atom is 0.243 e. The molecular formula is C33H36ClF3N4O3S2. The van der Waals surface area contributed by atoms with Crippen LogP contribution in [0.5, 0.6) is 5.75 Å². The molecule has 1 saturated heterocycles. The van der Waals surface area contributed by atoms with Crippen LogP contribution in [0.1, 0.15) is 43.5 Å². The highest BCUT2D eigenvalue weighted by atomic mass is 35.5. The van der Waals surface area contributed by atoms with E-state index in [1.54, 1.807) is 30.5 Å². The van der Waals surface area contributed by atoms with Gasteiger partial charge < -0.3 is 9.64 Å². The molecule has 0 atom stereocenters. The largest absolute Gasteiger partial charge is 0.494 e. The fraction of sp³-hybridized carbons (Fsp3) is 0.364. The normalized spacial score (nSPS) is 15.1. The Balaban J connectivity index is 1.45. The molecule has 0 bridgehead atoms. The molecule has 0 aliphatic carbocycles. The average molecular weight is 693 g/mol. The molecule has 3 aromatic carbocycles. The predicted octanol–water partition coefficient (Wildman–Crippen LogP) is 7.28. The van der Waals surface area contributed by atoms with Crippen LogP contribution in [0, 0.1) is 17.5 Å². The number of methoxy groups -OCH3 is 1. The molecular weight excluding hydrogens is 657 g/mol. The summed E-state index contributed by atoms with van der Waals surface area (Å²) in [6.45, 7) is 4.59. The average Bonchev–Trinajstić information content (AvgIpc) is 3.46. The van der Waals surface area contributed by atoms with Gasteiger partial charge in [-0.3, -0.25) is 4.57 Å². The molecule has 7 nitrogen and oxygen atoms in total. The highest BCUT2D eigenvalue weighted by Crippen LogP contribution is 2.39. The summed E-state index contributed by atoms with van der Waals surface area (Å²) in [7, 11) is 1.41. The van der Waals surface area contributed by atoms with Crippen LogP contribution in [0.15, 0.2) is 70.8 Å². The number of aromatic nitrogens is 2. The number of thioether (sulfide) groups is 1. The first-order valence-electron chi connectivity index (χ1n) is 14.7. The summed E-state index contributed by atoms with van der Waals surface area (Å²) < 4.78 is 78.9. The minimum Gasteiger partial charge on any atom is -0.494 e. The predicted molar refractivity (Wildman–Crippen MR) is 175 cm³/mol. The lowest BCUT2D eigenvalue weighted by Crippen LogP contribution is -2.44. The van der Waals surface area contributed by atoms with Crippen molar-refractivity contribution in [2.24, 2.45) is 0 Å². The van der Waals surface area contributed by atoms with E-state index in [0.29, 0.717) is 48.5 Å². The van der Waals surface area contributed by atoms with E-state index in [2.05, 4.69) is 9.88 Å². The first-order chi connectivity index (χ1) is 21.7. The Kier molecular flexibility index (Phi) is 10.1. The van der Waals surface area contributed by atoms with Gasteiger partial charge in [-0.2, -0.15) is 4.31 Å². The number of nitrogens with zero attached hydrogens (tertiary/aromatic N) is 4. The molecule has 1 aliphatic rings. The summed E-state index contributed by atoms with van der Waals surface area (Å²) in [6, 6.07) is 13.1. The van der Waals surface area contributed by atoms with Crippen LogP contribution in [-0.2, 0) is 21.2 Å². The summed E-state index contributed by atoms with van der Waals surface area (Å²) in [6.07, 6.45) is 3.05. The summed E-state index contributed by atoms with van der Waals surface area (Å²) in [5.74, 6) is -1.49. The van der Waals surface area contributed by atoms with Crippen molar-refractivity contribution in [2.75, 3.05) is 34.3 Å². The van der Waals surface area contributed by atoms with Crippen molar-refractivity contribution in [1.82, 2.24) is 18.8 Å². The Hall–Kier alpha value is -3.03. The van der Waals surface area contributed by atoms with Crippen LogP contribution in [0.2, 0.25) is 5.02 Å². The Morgan fingerprint density at radius 2 is 1.70 bits per heavy atom. The number of ether oxygens (including phenoxy) is 1. The van der Waals surface area contributed by atoms with Gasteiger partial charge in [0.05, 0.1) is 23.9 Å². The van der Waals surface area contributed by atoms with Gasteiger partial charge in [-0.15, -0.1) is 0 Å². The standard InChI is InChI=1S/C33H36ClF3N4O3S2/c1-33(2,21-6-11-28(36)30(16-21)44-5)31-19-38-32(41(31)24-9-7-22(35)8-10-24)45-20-26-27(34)17-25(18-29(26)37)46(42,43)40-14-12-23(13-15-40)39(3)4/h6-11,16-19,23H,12-15,20H2,1-5H3. The van der Waals surface area contributed by atoms with Crippen molar-refractivity contribution < 1.29 is 26.3 Å².